The molecule has 2 fully saturated rings. The summed E-state index contributed by atoms with van der Waals surface area (Å²) in [6, 6.07) is 0. The topological polar surface area (TPSA) is 68.2 Å². The van der Waals surface area contributed by atoms with Crippen LogP contribution >= 0.6 is 0 Å². The highest BCUT2D eigenvalue weighted by molar-refractivity contribution is 6.37. The van der Waals surface area contributed by atoms with Crippen molar-refractivity contribution in [1.82, 2.24) is 0 Å². The Kier molecular flexibility index (Phi) is 7.36. The quantitative estimate of drug-likeness (QED) is 0.317. The SMILES string of the molecule is OC1CCC(OB(Oc2c(F)c(F)c(F)c(F)c2F)OC2CCC(O)CC2)CC1. The molecule has 0 amide bonds. The maximum atomic E-state index is 14.0. The predicted octanol–water partition coefficient (Wildman–Crippen LogP) is 3.39. The van der Waals surface area contributed by atoms with Gasteiger partial charge in [0, 0.05) is 12.2 Å². The Morgan fingerprint density at radius 2 is 0.931 bits per heavy atom. The number of aliphatic hydroxyl groups is 2. The van der Waals surface area contributed by atoms with Crippen molar-refractivity contribution in [2.24, 2.45) is 0 Å². The van der Waals surface area contributed by atoms with E-state index in [-0.39, 0.29) is 0 Å². The number of hydrogen-bond donors (Lipinski definition) is 2. The summed E-state index contributed by atoms with van der Waals surface area (Å²) in [5, 5.41) is 19.2. The van der Waals surface area contributed by atoms with Crippen LogP contribution in [0.3, 0.4) is 0 Å². The first-order valence-electron chi connectivity index (χ1n) is 9.61. The lowest BCUT2D eigenvalue weighted by Crippen LogP contribution is -2.41. The molecule has 162 valence electrons. The van der Waals surface area contributed by atoms with Gasteiger partial charge in [0.05, 0.1) is 12.2 Å². The van der Waals surface area contributed by atoms with E-state index in [0.717, 1.165) is 0 Å². The van der Waals surface area contributed by atoms with E-state index in [4.69, 9.17) is 14.0 Å². The van der Waals surface area contributed by atoms with Gasteiger partial charge in [-0.1, -0.05) is 0 Å². The highest BCUT2D eigenvalue weighted by Crippen LogP contribution is 2.31. The molecule has 0 spiro atoms. The molecule has 0 saturated heterocycles. The van der Waals surface area contributed by atoms with Crippen LogP contribution in [0, 0.1) is 29.1 Å². The molecular weight excluding hydrogens is 402 g/mol. The van der Waals surface area contributed by atoms with E-state index in [1.165, 1.54) is 0 Å². The molecule has 0 radical (unpaired) electrons. The number of halogens is 5. The highest BCUT2D eigenvalue weighted by Gasteiger charge is 2.38. The molecule has 0 bridgehead atoms. The van der Waals surface area contributed by atoms with Gasteiger partial charge in [-0.15, -0.1) is 0 Å². The smallest absolute Gasteiger partial charge is 0.507 e. The van der Waals surface area contributed by atoms with E-state index in [1.54, 1.807) is 0 Å². The first kappa shape index (κ1) is 22.3. The Morgan fingerprint density at radius 3 is 1.31 bits per heavy atom. The summed E-state index contributed by atoms with van der Waals surface area (Å²) in [6.07, 6.45) is 1.54. The summed E-state index contributed by atoms with van der Waals surface area (Å²) in [5.41, 5.74) is 0. The third kappa shape index (κ3) is 5.39. The summed E-state index contributed by atoms with van der Waals surface area (Å²) < 4.78 is 84.4. The lowest BCUT2D eigenvalue weighted by molar-refractivity contribution is -0.000964. The van der Waals surface area contributed by atoms with Crippen LogP contribution in [0.25, 0.3) is 0 Å². The maximum absolute atomic E-state index is 14.0. The number of aliphatic hydroxyl groups excluding tert-OH is 2. The zero-order valence-corrected chi connectivity index (χ0v) is 15.6. The van der Waals surface area contributed by atoms with Crippen LogP contribution in [0.4, 0.5) is 22.0 Å². The van der Waals surface area contributed by atoms with Gasteiger partial charge in [-0.2, -0.15) is 8.78 Å². The Morgan fingerprint density at radius 1 is 0.586 bits per heavy atom. The monoisotopic (exact) mass is 424 g/mol. The minimum Gasteiger partial charge on any atom is -0.507 e. The average Bonchev–Trinajstić information content (AvgIpc) is 2.71. The molecule has 1 aromatic carbocycles. The lowest BCUT2D eigenvalue weighted by Gasteiger charge is -2.31. The summed E-state index contributed by atoms with van der Waals surface area (Å²) in [7, 11) is -1.70. The average molecular weight is 424 g/mol. The maximum Gasteiger partial charge on any atom is 0.713 e. The van der Waals surface area contributed by atoms with E-state index in [9.17, 15) is 32.2 Å². The van der Waals surface area contributed by atoms with E-state index in [0.29, 0.717) is 51.4 Å². The first-order chi connectivity index (χ1) is 13.8. The van der Waals surface area contributed by atoms with E-state index in [2.05, 4.69) is 0 Å². The Labute approximate surface area is 164 Å². The van der Waals surface area contributed by atoms with Gasteiger partial charge in [0.25, 0.3) is 0 Å². The van der Waals surface area contributed by atoms with Gasteiger partial charge >= 0.3 is 7.32 Å². The van der Waals surface area contributed by atoms with Crippen LogP contribution in [-0.2, 0) is 9.31 Å². The number of rotatable bonds is 6. The Hall–Kier alpha value is -1.43. The second-order valence-electron chi connectivity index (χ2n) is 7.44. The molecule has 3 rings (SSSR count). The molecular formula is C18H22BF5O5. The molecule has 0 aliphatic heterocycles. The molecule has 2 aliphatic rings. The molecule has 5 nitrogen and oxygen atoms in total. The van der Waals surface area contributed by atoms with Crippen molar-refractivity contribution in [3.05, 3.63) is 29.1 Å². The second kappa shape index (κ2) is 9.59. The van der Waals surface area contributed by atoms with E-state index < -0.39 is 66.6 Å². The van der Waals surface area contributed by atoms with Crippen molar-refractivity contribution >= 4 is 7.32 Å². The molecule has 0 atom stereocenters. The molecule has 11 heteroatoms. The van der Waals surface area contributed by atoms with Crippen molar-refractivity contribution < 1.29 is 46.1 Å². The summed E-state index contributed by atoms with van der Waals surface area (Å²) in [4.78, 5) is 0. The molecule has 0 unspecified atom stereocenters. The van der Waals surface area contributed by atoms with Crippen LogP contribution in [0.15, 0.2) is 0 Å². The Bertz CT molecular complexity index is 655. The Balaban J connectivity index is 1.77. The summed E-state index contributed by atoms with van der Waals surface area (Å²) in [6.45, 7) is 0. The molecule has 2 N–H and O–H groups in total. The third-order valence-corrected chi connectivity index (χ3v) is 5.28. The molecule has 29 heavy (non-hydrogen) atoms. The fourth-order valence-electron chi connectivity index (χ4n) is 3.55. The van der Waals surface area contributed by atoms with E-state index in [1.807, 2.05) is 0 Å². The van der Waals surface area contributed by atoms with Gasteiger partial charge in [-0.25, -0.2) is 13.2 Å². The third-order valence-electron chi connectivity index (χ3n) is 5.28. The van der Waals surface area contributed by atoms with Gasteiger partial charge in [0.1, 0.15) is 0 Å². The predicted molar refractivity (Wildman–Crippen MR) is 91.3 cm³/mol. The molecule has 0 heterocycles. The van der Waals surface area contributed by atoms with Gasteiger partial charge < -0.3 is 24.2 Å². The number of benzene rings is 1. The van der Waals surface area contributed by atoms with Crippen molar-refractivity contribution in [2.45, 2.75) is 75.8 Å². The van der Waals surface area contributed by atoms with E-state index >= 15 is 0 Å². The molecule has 2 aliphatic carbocycles. The standard InChI is InChI=1S/C18H22BF5O5/c20-13-14(21)16(23)18(17(24)15(13)22)29-19(27-11-5-1-9(25)2-6-11)28-12-7-3-10(26)4-8-12/h9-12,25-26H,1-8H2. The molecule has 0 aromatic heterocycles. The minimum absolute atomic E-state index is 0.421. The van der Waals surface area contributed by atoms with Gasteiger partial charge in [-0.05, 0) is 51.4 Å². The fraction of sp³-hybridized carbons (Fsp3) is 0.667. The molecule has 1 aromatic rings. The van der Waals surface area contributed by atoms with Crippen molar-refractivity contribution in [3.8, 4) is 5.75 Å². The van der Waals surface area contributed by atoms with Crippen molar-refractivity contribution in [3.63, 3.8) is 0 Å². The number of hydrogen-bond acceptors (Lipinski definition) is 5. The summed E-state index contributed by atoms with van der Waals surface area (Å²) in [5.74, 6) is -12.2. The van der Waals surface area contributed by atoms with Crippen LogP contribution in [0.5, 0.6) is 5.75 Å². The lowest BCUT2D eigenvalue weighted by atomic mass is 9.93. The molecule has 2 saturated carbocycles. The van der Waals surface area contributed by atoms with Gasteiger partial charge in [0.15, 0.2) is 5.75 Å². The normalized spacial score (nSPS) is 27.7. The second-order valence-corrected chi connectivity index (χ2v) is 7.44. The van der Waals surface area contributed by atoms with Gasteiger partial charge in [-0.3, -0.25) is 0 Å². The largest absolute Gasteiger partial charge is 0.713 e. The van der Waals surface area contributed by atoms with Crippen molar-refractivity contribution in [2.75, 3.05) is 0 Å². The van der Waals surface area contributed by atoms with Crippen LogP contribution < -0.4 is 4.65 Å². The fourth-order valence-corrected chi connectivity index (χ4v) is 3.55. The minimum atomic E-state index is -2.28. The van der Waals surface area contributed by atoms with Crippen LogP contribution in [0.2, 0.25) is 0 Å². The van der Waals surface area contributed by atoms with Crippen molar-refractivity contribution in [1.29, 1.82) is 0 Å². The zero-order chi connectivity index (χ0) is 21.1. The summed E-state index contributed by atoms with van der Waals surface area (Å²) >= 11 is 0. The zero-order valence-electron chi connectivity index (χ0n) is 15.6. The first-order valence-corrected chi connectivity index (χ1v) is 9.61. The van der Waals surface area contributed by atoms with Gasteiger partial charge in [0.2, 0.25) is 29.1 Å². The van der Waals surface area contributed by atoms with Crippen LogP contribution in [-0.4, -0.2) is 42.0 Å². The van der Waals surface area contributed by atoms with Crippen LogP contribution in [0.1, 0.15) is 51.4 Å². The highest BCUT2D eigenvalue weighted by atomic mass is 19.2.